The van der Waals surface area contributed by atoms with Crippen LogP contribution in [0, 0.1) is 0 Å². The minimum absolute atomic E-state index is 0.0335. The summed E-state index contributed by atoms with van der Waals surface area (Å²) in [5.74, 6) is -0.300. The van der Waals surface area contributed by atoms with E-state index < -0.39 is 10.0 Å². The number of carbonyl (C=O) groups is 1. The fraction of sp³-hybridized carbons (Fsp3) is 0.611. The molecule has 0 bridgehead atoms. The number of amides is 1. The van der Waals surface area contributed by atoms with E-state index >= 15 is 0 Å². The summed E-state index contributed by atoms with van der Waals surface area (Å²) in [7, 11) is -3.41. The van der Waals surface area contributed by atoms with Gasteiger partial charge in [0, 0.05) is 19.1 Å². The van der Waals surface area contributed by atoms with Gasteiger partial charge in [-0.15, -0.1) is 0 Å². The normalized spacial score (nSPS) is 16.2. The van der Waals surface area contributed by atoms with Gasteiger partial charge in [0.25, 0.3) is 5.91 Å². The van der Waals surface area contributed by atoms with E-state index in [-0.39, 0.29) is 11.7 Å². The Balaban J connectivity index is 1.84. The Morgan fingerprint density at radius 2 is 1.76 bits per heavy atom. The Kier molecular flexibility index (Phi) is 7.71. The zero-order valence-electron chi connectivity index (χ0n) is 14.9. The van der Waals surface area contributed by atoms with Gasteiger partial charge in [-0.1, -0.05) is 37.8 Å². The van der Waals surface area contributed by atoms with E-state index in [1.807, 2.05) is 0 Å². The van der Waals surface area contributed by atoms with Crippen LogP contribution in [0.4, 0.5) is 5.69 Å². The first-order chi connectivity index (χ1) is 12.0. The largest absolute Gasteiger partial charge is 0.351 e. The summed E-state index contributed by atoms with van der Waals surface area (Å²) in [4.78, 5) is 12.4. The van der Waals surface area contributed by atoms with Gasteiger partial charge in [0.15, 0.2) is 0 Å². The molecule has 1 fully saturated rings. The van der Waals surface area contributed by atoms with Gasteiger partial charge >= 0.3 is 0 Å². The van der Waals surface area contributed by atoms with E-state index in [1.54, 1.807) is 31.2 Å². The highest BCUT2D eigenvalue weighted by Crippen LogP contribution is 2.17. The Morgan fingerprint density at radius 1 is 1.08 bits per heavy atom. The maximum Gasteiger partial charge on any atom is 0.253 e. The molecule has 1 aromatic carbocycles. The van der Waals surface area contributed by atoms with Crippen LogP contribution in [0.5, 0.6) is 0 Å². The summed E-state index contributed by atoms with van der Waals surface area (Å²) in [6, 6.07) is 7.21. The number of hydrogen-bond acceptors (Lipinski definition) is 4. The highest BCUT2D eigenvalue weighted by Gasteiger charge is 2.15. The molecular formula is C18H29N3O3S. The Labute approximate surface area is 150 Å². The molecule has 0 spiro atoms. The van der Waals surface area contributed by atoms with Crippen LogP contribution >= 0.6 is 0 Å². The molecule has 0 heterocycles. The number of sulfonamides is 1. The molecule has 1 saturated carbocycles. The molecule has 140 valence electrons. The van der Waals surface area contributed by atoms with Crippen LogP contribution in [-0.4, -0.2) is 39.2 Å². The number of nitrogens with one attached hydrogen (secondary N) is 3. The molecule has 0 aromatic heterocycles. The summed E-state index contributed by atoms with van der Waals surface area (Å²) < 4.78 is 26.0. The third-order valence-corrected chi connectivity index (χ3v) is 5.81. The maximum absolute atomic E-state index is 12.4. The van der Waals surface area contributed by atoms with Crippen LogP contribution < -0.4 is 15.4 Å². The van der Waals surface area contributed by atoms with Crippen LogP contribution in [0.1, 0.15) is 55.8 Å². The van der Waals surface area contributed by atoms with E-state index in [2.05, 4.69) is 15.4 Å². The van der Waals surface area contributed by atoms with Crippen molar-refractivity contribution in [1.29, 1.82) is 0 Å². The van der Waals surface area contributed by atoms with Crippen molar-refractivity contribution in [3.05, 3.63) is 29.8 Å². The summed E-state index contributed by atoms with van der Waals surface area (Å²) in [6.45, 7) is 2.80. The SMILES string of the molecule is CCS(=O)(=O)Nc1ccccc1C(=O)NCCNC1CCCCCC1. The van der Waals surface area contributed by atoms with E-state index in [1.165, 1.54) is 38.5 Å². The van der Waals surface area contributed by atoms with Crippen molar-refractivity contribution in [3.8, 4) is 0 Å². The Hall–Kier alpha value is -1.60. The lowest BCUT2D eigenvalue weighted by molar-refractivity contribution is 0.0954. The topological polar surface area (TPSA) is 87.3 Å². The molecule has 7 heteroatoms. The summed E-state index contributed by atoms with van der Waals surface area (Å²) in [6.07, 6.45) is 7.59. The van der Waals surface area contributed by atoms with Crippen molar-refractivity contribution in [2.45, 2.75) is 51.5 Å². The van der Waals surface area contributed by atoms with Gasteiger partial charge in [0.1, 0.15) is 0 Å². The molecule has 1 aliphatic carbocycles. The molecule has 25 heavy (non-hydrogen) atoms. The number of benzene rings is 1. The van der Waals surface area contributed by atoms with Gasteiger partial charge in [0.05, 0.1) is 17.0 Å². The first-order valence-corrected chi connectivity index (χ1v) is 10.8. The molecule has 2 rings (SSSR count). The Bertz CT molecular complexity index is 653. The predicted octanol–water partition coefficient (Wildman–Crippen LogP) is 2.49. The molecule has 0 aliphatic heterocycles. The summed E-state index contributed by atoms with van der Waals surface area (Å²) >= 11 is 0. The second kappa shape index (κ2) is 9.77. The second-order valence-corrected chi connectivity index (χ2v) is 8.46. The van der Waals surface area contributed by atoms with Crippen LogP contribution in [0.25, 0.3) is 0 Å². The minimum Gasteiger partial charge on any atom is -0.351 e. The molecule has 1 amide bonds. The van der Waals surface area contributed by atoms with Crippen molar-refractivity contribution in [2.75, 3.05) is 23.6 Å². The number of anilines is 1. The zero-order valence-corrected chi connectivity index (χ0v) is 15.7. The fourth-order valence-corrected chi connectivity index (χ4v) is 3.70. The monoisotopic (exact) mass is 367 g/mol. The van der Waals surface area contributed by atoms with E-state index in [4.69, 9.17) is 0 Å². The second-order valence-electron chi connectivity index (χ2n) is 6.45. The molecule has 6 nitrogen and oxygen atoms in total. The third kappa shape index (κ3) is 6.66. The molecular weight excluding hydrogens is 338 g/mol. The van der Waals surface area contributed by atoms with Gasteiger partial charge in [0.2, 0.25) is 10.0 Å². The molecule has 0 saturated heterocycles. The molecule has 1 aliphatic rings. The lowest BCUT2D eigenvalue weighted by Gasteiger charge is -2.16. The smallest absolute Gasteiger partial charge is 0.253 e. The lowest BCUT2D eigenvalue weighted by Crippen LogP contribution is -2.37. The number of carbonyl (C=O) groups excluding carboxylic acids is 1. The van der Waals surface area contributed by atoms with Crippen molar-refractivity contribution in [1.82, 2.24) is 10.6 Å². The standard InChI is InChI=1S/C18H29N3O3S/c1-2-25(23,24)21-17-12-8-7-11-16(17)18(22)20-14-13-19-15-9-5-3-4-6-10-15/h7-8,11-12,15,19,21H,2-6,9-10,13-14H2,1H3,(H,20,22). The fourth-order valence-electron chi connectivity index (χ4n) is 3.04. The molecule has 0 radical (unpaired) electrons. The lowest BCUT2D eigenvalue weighted by atomic mass is 10.1. The average molecular weight is 368 g/mol. The van der Waals surface area contributed by atoms with Crippen LogP contribution in [0.2, 0.25) is 0 Å². The molecule has 0 unspecified atom stereocenters. The van der Waals surface area contributed by atoms with Gasteiger partial charge < -0.3 is 10.6 Å². The minimum atomic E-state index is -3.41. The average Bonchev–Trinajstić information content (AvgIpc) is 2.87. The van der Waals surface area contributed by atoms with Crippen molar-refractivity contribution >= 4 is 21.6 Å². The van der Waals surface area contributed by atoms with Crippen LogP contribution in [-0.2, 0) is 10.0 Å². The van der Waals surface area contributed by atoms with Crippen LogP contribution in [0.15, 0.2) is 24.3 Å². The number of hydrogen-bond donors (Lipinski definition) is 3. The molecule has 1 aromatic rings. The quantitative estimate of drug-likeness (QED) is 0.487. The van der Waals surface area contributed by atoms with Gasteiger partial charge in [-0.25, -0.2) is 8.42 Å². The number of rotatable bonds is 8. The van der Waals surface area contributed by atoms with E-state index in [0.29, 0.717) is 23.8 Å². The van der Waals surface area contributed by atoms with Crippen molar-refractivity contribution in [3.63, 3.8) is 0 Å². The molecule has 0 atom stereocenters. The van der Waals surface area contributed by atoms with Gasteiger partial charge in [-0.2, -0.15) is 0 Å². The van der Waals surface area contributed by atoms with Gasteiger partial charge in [-0.05, 0) is 31.9 Å². The molecule has 3 N–H and O–H groups in total. The van der Waals surface area contributed by atoms with Crippen molar-refractivity contribution < 1.29 is 13.2 Å². The first kappa shape index (κ1) is 19.7. The zero-order chi connectivity index (χ0) is 18.1. The van der Waals surface area contributed by atoms with Crippen molar-refractivity contribution in [2.24, 2.45) is 0 Å². The number of para-hydroxylation sites is 1. The van der Waals surface area contributed by atoms with Crippen LogP contribution in [0.3, 0.4) is 0 Å². The summed E-state index contributed by atoms with van der Waals surface area (Å²) in [5.41, 5.74) is 0.660. The summed E-state index contributed by atoms with van der Waals surface area (Å²) in [5, 5.41) is 6.37. The third-order valence-electron chi connectivity index (χ3n) is 4.52. The van der Waals surface area contributed by atoms with E-state index in [0.717, 1.165) is 6.54 Å². The highest BCUT2D eigenvalue weighted by atomic mass is 32.2. The predicted molar refractivity (Wildman–Crippen MR) is 101 cm³/mol. The van der Waals surface area contributed by atoms with Gasteiger partial charge in [-0.3, -0.25) is 9.52 Å². The Morgan fingerprint density at radius 3 is 2.44 bits per heavy atom. The maximum atomic E-state index is 12.4. The van der Waals surface area contributed by atoms with E-state index in [9.17, 15) is 13.2 Å². The highest BCUT2D eigenvalue weighted by molar-refractivity contribution is 7.92. The first-order valence-electron chi connectivity index (χ1n) is 9.13.